The lowest BCUT2D eigenvalue weighted by Crippen LogP contribution is -2.35. The van der Waals surface area contributed by atoms with Crippen LogP contribution in [0.5, 0.6) is 0 Å². The first-order valence-electron chi connectivity index (χ1n) is 10.7. The molecule has 1 saturated heterocycles. The first-order chi connectivity index (χ1) is 12.2. The SMILES string of the molecule is CCCCCCC1CCC(CCCCCCCC(=O)OCC)C(O)O1. The minimum absolute atomic E-state index is 0.0748. The van der Waals surface area contributed by atoms with E-state index in [1.54, 1.807) is 0 Å². The van der Waals surface area contributed by atoms with Crippen LogP contribution in [0.15, 0.2) is 0 Å². The fraction of sp³-hybridized carbons (Fsp3) is 0.952. The molecule has 0 aromatic carbocycles. The summed E-state index contributed by atoms with van der Waals surface area (Å²) >= 11 is 0. The van der Waals surface area contributed by atoms with Gasteiger partial charge in [-0.3, -0.25) is 4.79 Å². The summed E-state index contributed by atoms with van der Waals surface area (Å²) < 4.78 is 10.8. The van der Waals surface area contributed by atoms with Crippen LogP contribution in [0, 0.1) is 5.92 Å². The average Bonchev–Trinajstić information content (AvgIpc) is 2.59. The molecule has 25 heavy (non-hydrogen) atoms. The van der Waals surface area contributed by atoms with Gasteiger partial charge in [-0.15, -0.1) is 0 Å². The van der Waals surface area contributed by atoms with E-state index in [4.69, 9.17) is 9.47 Å². The Labute approximate surface area is 154 Å². The average molecular weight is 357 g/mol. The zero-order valence-electron chi connectivity index (χ0n) is 16.5. The molecule has 0 spiro atoms. The first kappa shape index (κ1) is 22.4. The normalized spacial score (nSPS) is 23.6. The molecule has 4 heteroatoms. The smallest absolute Gasteiger partial charge is 0.305 e. The second-order valence-electron chi connectivity index (χ2n) is 7.45. The van der Waals surface area contributed by atoms with Crippen molar-refractivity contribution in [3.63, 3.8) is 0 Å². The molecule has 0 radical (unpaired) electrons. The number of aliphatic hydroxyl groups excluding tert-OH is 1. The lowest BCUT2D eigenvalue weighted by atomic mass is 9.90. The Kier molecular flexibility index (Phi) is 13.1. The van der Waals surface area contributed by atoms with Crippen LogP contribution in [-0.2, 0) is 14.3 Å². The van der Waals surface area contributed by atoms with Crippen LogP contribution in [0.4, 0.5) is 0 Å². The molecule has 0 aromatic heterocycles. The predicted molar refractivity (Wildman–Crippen MR) is 101 cm³/mol. The van der Waals surface area contributed by atoms with Gasteiger partial charge >= 0.3 is 5.97 Å². The molecular weight excluding hydrogens is 316 g/mol. The Bertz CT molecular complexity index is 332. The molecule has 1 aliphatic heterocycles. The van der Waals surface area contributed by atoms with Gasteiger partial charge in [0.2, 0.25) is 0 Å². The van der Waals surface area contributed by atoms with Crippen molar-refractivity contribution in [1.82, 2.24) is 0 Å². The zero-order chi connectivity index (χ0) is 18.3. The molecule has 1 heterocycles. The van der Waals surface area contributed by atoms with E-state index in [1.165, 1.54) is 32.1 Å². The lowest BCUT2D eigenvalue weighted by molar-refractivity contribution is -0.196. The van der Waals surface area contributed by atoms with Crippen molar-refractivity contribution in [3.05, 3.63) is 0 Å². The molecule has 148 valence electrons. The van der Waals surface area contributed by atoms with Crippen molar-refractivity contribution in [3.8, 4) is 0 Å². The quantitative estimate of drug-likeness (QED) is 0.336. The highest BCUT2D eigenvalue weighted by molar-refractivity contribution is 5.69. The van der Waals surface area contributed by atoms with Gasteiger partial charge in [0.25, 0.3) is 0 Å². The topological polar surface area (TPSA) is 55.8 Å². The van der Waals surface area contributed by atoms with Crippen molar-refractivity contribution in [1.29, 1.82) is 0 Å². The van der Waals surface area contributed by atoms with Gasteiger partial charge in [-0.05, 0) is 39.0 Å². The van der Waals surface area contributed by atoms with Gasteiger partial charge in [-0.25, -0.2) is 0 Å². The molecule has 0 aliphatic carbocycles. The second-order valence-corrected chi connectivity index (χ2v) is 7.45. The highest BCUT2D eigenvalue weighted by Crippen LogP contribution is 2.30. The molecule has 0 amide bonds. The monoisotopic (exact) mass is 356 g/mol. The maximum atomic E-state index is 11.2. The van der Waals surface area contributed by atoms with Crippen LogP contribution in [0.25, 0.3) is 0 Å². The number of ether oxygens (including phenoxy) is 2. The first-order valence-corrected chi connectivity index (χ1v) is 10.7. The fourth-order valence-corrected chi connectivity index (χ4v) is 3.66. The van der Waals surface area contributed by atoms with E-state index in [-0.39, 0.29) is 12.1 Å². The largest absolute Gasteiger partial charge is 0.466 e. The summed E-state index contributed by atoms with van der Waals surface area (Å²) in [6.45, 7) is 4.55. The van der Waals surface area contributed by atoms with Crippen LogP contribution in [0.3, 0.4) is 0 Å². The van der Waals surface area contributed by atoms with Crippen LogP contribution in [0.2, 0.25) is 0 Å². The van der Waals surface area contributed by atoms with Crippen molar-refractivity contribution in [2.24, 2.45) is 5.92 Å². The van der Waals surface area contributed by atoms with Gasteiger partial charge in [0.15, 0.2) is 6.29 Å². The molecule has 0 saturated carbocycles. The van der Waals surface area contributed by atoms with E-state index in [0.717, 1.165) is 51.4 Å². The van der Waals surface area contributed by atoms with E-state index in [0.29, 0.717) is 18.9 Å². The molecule has 3 atom stereocenters. The Morgan fingerprint density at radius 3 is 2.36 bits per heavy atom. The molecule has 3 unspecified atom stereocenters. The van der Waals surface area contributed by atoms with Crippen LogP contribution < -0.4 is 0 Å². The number of rotatable bonds is 14. The summed E-state index contributed by atoms with van der Waals surface area (Å²) in [6, 6.07) is 0. The summed E-state index contributed by atoms with van der Waals surface area (Å²) in [4.78, 5) is 11.2. The number of aliphatic hydroxyl groups is 1. The third-order valence-corrected chi connectivity index (χ3v) is 5.24. The number of carbonyl (C=O) groups is 1. The molecule has 1 fully saturated rings. The number of unbranched alkanes of at least 4 members (excludes halogenated alkanes) is 7. The van der Waals surface area contributed by atoms with Gasteiger partial charge in [0, 0.05) is 12.3 Å². The van der Waals surface area contributed by atoms with E-state index in [2.05, 4.69) is 6.92 Å². The maximum Gasteiger partial charge on any atom is 0.305 e. The van der Waals surface area contributed by atoms with Crippen LogP contribution in [0.1, 0.15) is 104 Å². The number of hydrogen-bond acceptors (Lipinski definition) is 4. The standard InChI is InChI=1S/C21H40O4/c1-3-5-6-11-14-19-17-16-18(21(23)25-19)13-10-8-7-9-12-15-20(22)24-4-2/h18-19,21,23H,3-17H2,1-2H3. The van der Waals surface area contributed by atoms with Crippen molar-refractivity contribution < 1.29 is 19.4 Å². The predicted octanol–water partition coefficient (Wildman–Crippen LogP) is 5.36. The molecular formula is C21H40O4. The van der Waals surface area contributed by atoms with E-state index in [1.807, 2.05) is 6.92 Å². The highest BCUT2D eigenvalue weighted by Gasteiger charge is 2.28. The molecule has 0 aromatic rings. The summed E-state index contributed by atoms with van der Waals surface area (Å²) in [5.41, 5.74) is 0. The van der Waals surface area contributed by atoms with E-state index in [9.17, 15) is 9.90 Å². The van der Waals surface area contributed by atoms with Crippen LogP contribution >= 0.6 is 0 Å². The molecule has 1 N–H and O–H groups in total. The summed E-state index contributed by atoms with van der Waals surface area (Å²) in [7, 11) is 0. The summed E-state index contributed by atoms with van der Waals surface area (Å²) in [5, 5.41) is 10.2. The van der Waals surface area contributed by atoms with Gasteiger partial charge in [-0.1, -0.05) is 58.3 Å². The van der Waals surface area contributed by atoms with Crippen molar-refractivity contribution >= 4 is 5.97 Å². The van der Waals surface area contributed by atoms with Crippen molar-refractivity contribution in [2.75, 3.05) is 6.61 Å². The highest BCUT2D eigenvalue weighted by atomic mass is 16.6. The van der Waals surface area contributed by atoms with Crippen LogP contribution in [-0.4, -0.2) is 30.1 Å². The zero-order valence-corrected chi connectivity index (χ0v) is 16.5. The number of esters is 1. The van der Waals surface area contributed by atoms with Crippen molar-refractivity contribution in [2.45, 2.75) is 116 Å². The Balaban J connectivity index is 1.98. The van der Waals surface area contributed by atoms with Gasteiger partial charge in [0.05, 0.1) is 12.7 Å². The van der Waals surface area contributed by atoms with Gasteiger partial charge in [-0.2, -0.15) is 0 Å². The fourth-order valence-electron chi connectivity index (χ4n) is 3.66. The third kappa shape index (κ3) is 10.9. The van der Waals surface area contributed by atoms with E-state index < -0.39 is 6.29 Å². The minimum atomic E-state index is -0.561. The third-order valence-electron chi connectivity index (χ3n) is 5.24. The lowest BCUT2D eigenvalue weighted by Gasteiger charge is -2.33. The summed E-state index contributed by atoms with van der Waals surface area (Å²) in [5.74, 6) is 0.237. The molecule has 1 rings (SSSR count). The van der Waals surface area contributed by atoms with Gasteiger partial charge < -0.3 is 14.6 Å². The Morgan fingerprint density at radius 2 is 1.64 bits per heavy atom. The van der Waals surface area contributed by atoms with E-state index >= 15 is 0 Å². The molecule has 1 aliphatic rings. The Hall–Kier alpha value is -0.610. The number of hydrogen-bond donors (Lipinski definition) is 1. The molecule has 4 nitrogen and oxygen atoms in total. The Morgan fingerprint density at radius 1 is 0.960 bits per heavy atom. The maximum absolute atomic E-state index is 11.2. The minimum Gasteiger partial charge on any atom is -0.466 e. The summed E-state index contributed by atoms with van der Waals surface area (Å²) in [6.07, 6.45) is 15.2. The van der Waals surface area contributed by atoms with Gasteiger partial charge in [0.1, 0.15) is 0 Å². The second kappa shape index (κ2) is 14.5. The molecule has 0 bridgehead atoms. The number of carbonyl (C=O) groups excluding carboxylic acids is 1.